The molecule has 20 heavy (non-hydrogen) atoms. The van der Waals surface area contributed by atoms with Gasteiger partial charge in [0.05, 0.1) is 18.5 Å². The zero-order valence-corrected chi connectivity index (χ0v) is 11.8. The number of fused-ring (bicyclic) bond motifs is 1. The zero-order valence-electron chi connectivity index (χ0n) is 10.9. The fourth-order valence-electron chi connectivity index (χ4n) is 1.98. The largest absolute Gasteiger partial charge is 0.401 e. The fraction of sp³-hybridized carbons (Fsp3) is 0.500. The van der Waals surface area contributed by atoms with Crippen molar-refractivity contribution in [1.29, 1.82) is 0 Å². The molecule has 0 aliphatic carbocycles. The molecule has 0 aliphatic rings. The SMILES string of the molecule is CCCN(Cc1nc(N)c2ccsc2n1)CC(F)(F)F. The highest BCUT2D eigenvalue weighted by atomic mass is 32.1. The van der Waals surface area contributed by atoms with Gasteiger partial charge in [-0.15, -0.1) is 11.3 Å². The minimum absolute atomic E-state index is 0.0470. The number of hydrogen-bond donors (Lipinski definition) is 1. The molecule has 0 saturated heterocycles. The molecule has 0 radical (unpaired) electrons. The Bertz CT molecular complexity index is 582. The van der Waals surface area contributed by atoms with Crippen LogP contribution in [-0.4, -0.2) is 34.1 Å². The van der Waals surface area contributed by atoms with Crippen LogP contribution in [0.4, 0.5) is 19.0 Å². The maximum Gasteiger partial charge on any atom is 0.401 e. The summed E-state index contributed by atoms with van der Waals surface area (Å²) in [6, 6.07) is 1.80. The first-order valence-electron chi connectivity index (χ1n) is 6.17. The first-order chi connectivity index (χ1) is 9.39. The number of aromatic nitrogens is 2. The second-order valence-corrected chi connectivity index (χ2v) is 5.38. The van der Waals surface area contributed by atoms with E-state index in [1.165, 1.54) is 16.2 Å². The van der Waals surface area contributed by atoms with Gasteiger partial charge in [0.1, 0.15) is 16.5 Å². The molecule has 2 N–H and O–H groups in total. The van der Waals surface area contributed by atoms with E-state index in [1.807, 2.05) is 12.3 Å². The highest BCUT2D eigenvalue weighted by Gasteiger charge is 2.30. The lowest BCUT2D eigenvalue weighted by Crippen LogP contribution is -2.34. The smallest absolute Gasteiger partial charge is 0.383 e. The summed E-state index contributed by atoms with van der Waals surface area (Å²) in [6.45, 7) is 1.25. The summed E-state index contributed by atoms with van der Waals surface area (Å²) in [4.78, 5) is 10.3. The molecule has 0 atom stereocenters. The molecular weight excluding hydrogens is 289 g/mol. The molecule has 0 saturated carbocycles. The van der Waals surface area contributed by atoms with Crippen LogP contribution in [-0.2, 0) is 6.54 Å². The van der Waals surface area contributed by atoms with Crippen LogP contribution in [0.25, 0.3) is 10.2 Å². The molecular formula is C12H15F3N4S. The second kappa shape index (κ2) is 5.92. The predicted molar refractivity (Wildman–Crippen MR) is 73.5 cm³/mol. The van der Waals surface area contributed by atoms with Crippen LogP contribution in [0, 0.1) is 0 Å². The third kappa shape index (κ3) is 3.80. The van der Waals surface area contributed by atoms with E-state index in [1.54, 1.807) is 6.07 Å². The Morgan fingerprint density at radius 2 is 2.10 bits per heavy atom. The van der Waals surface area contributed by atoms with Crippen molar-refractivity contribution in [2.45, 2.75) is 26.1 Å². The molecule has 0 aliphatic heterocycles. The van der Waals surface area contributed by atoms with Crippen molar-refractivity contribution in [3.8, 4) is 0 Å². The van der Waals surface area contributed by atoms with Crippen LogP contribution < -0.4 is 5.73 Å². The van der Waals surface area contributed by atoms with Crippen molar-refractivity contribution in [3.05, 3.63) is 17.3 Å². The summed E-state index contributed by atoms with van der Waals surface area (Å²) in [7, 11) is 0. The number of nitrogens with zero attached hydrogens (tertiary/aromatic N) is 3. The Morgan fingerprint density at radius 1 is 1.35 bits per heavy atom. The molecule has 2 aromatic heterocycles. The van der Waals surface area contributed by atoms with Gasteiger partial charge in [0.15, 0.2) is 0 Å². The Balaban J connectivity index is 2.19. The molecule has 0 bridgehead atoms. The molecule has 8 heteroatoms. The minimum Gasteiger partial charge on any atom is -0.383 e. The number of hydrogen-bond acceptors (Lipinski definition) is 5. The van der Waals surface area contributed by atoms with Gasteiger partial charge in [-0.25, -0.2) is 9.97 Å². The average Bonchev–Trinajstić information content (AvgIpc) is 2.75. The quantitative estimate of drug-likeness (QED) is 0.922. The minimum atomic E-state index is -4.23. The van der Waals surface area contributed by atoms with Gasteiger partial charge in [-0.1, -0.05) is 6.92 Å². The van der Waals surface area contributed by atoms with E-state index in [4.69, 9.17) is 5.73 Å². The number of thiophene rings is 1. The van der Waals surface area contributed by atoms with Gasteiger partial charge in [-0.3, -0.25) is 4.90 Å². The fourth-order valence-corrected chi connectivity index (χ4v) is 2.77. The van der Waals surface area contributed by atoms with Crippen molar-refractivity contribution >= 4 is 27.4 Å². The topological polar surface area (TPSA) is 55.0 Å². The van der Waals surface area contributed by atoms with Crippen LogP contribution in [0.15, 0.2) is 11.4 Å². The lowest BCUT2D eigenvalue weighted by Gasteiger charge is -2.22. The van der Waals surface area contributed by atoms with E-state index < -0.39 is 12.7 Å². The third-order valence-electron chi connectivity index (χ3n) is 2.71. The van der Waals surface area contributed by atoms with E-state index in [0.717, 1.165) is 5.39 Å². The van der Waals surface area contributed by atoms with Gasteiger partial charge < -0.3 is 5.73 Å². The van der Waals surface area contributed by atoms with E-state index in [0.29, 0.717) is 29.4 Å². The molecule has 0 unspecified atom stereocenters. The number of halogens is 3. The Kier molecular flexibility index (Phi) is 4.44. The third-order valence-corrected chi connectivity index (χ3v) is 3.52. The number of anilines is 1. The molecule has 2 heterocycles. The van der Waals surface area contributed by atoms with E-state index in [9.17, 15) is 13.2 Å². The summed E-state index contributed by atoms with van der Waals surface area (Å²) < 4.78 is 37.5. The maximum atomic E-state index is 12.5. The average molecular weight is 304 g/mol. The molecule has 0 amide bonds. The summed E-state index contributed by atoms with van der Waals surface area (Å²) in [5, 5.41) is 2.58. The van der Waals surface area contributed by atoms with E-state index in [-0.39, 0.29) is 6.54 Å². The number of rotatable bonds is 5. The highest BCUT2D eigenvalue weighted by molar-refractivity contribution is 7.16. The molecule has 0 fully saturated rings. The molecule has 2 aromatic rings. The highest BCUT2D eigenvalue weighted by Crippen LogP contribution is 2.24. The lowest BCUT2D eigenvalue weighted by molar-refractivity contribution is -0.147. The van der Waals surface area contributed by atoms with Gasteiger partial charge in [0.2, 0.25) is 0 Å². The van der Waals surface area contributed by atoms with Crippen LogP contribution in [0.2, 0.25) is 0 Å². The summed E-state index contributed by atoms with van der Waals surface area (Å²) in [6.07, 6.45) is -3.60. The van der Waals surface area contributed by atoms with Gasteiger partial charge in [0.25, 0.3) is 0 Å². The molecule has 0 aromatic carbocycles. The summed E-state index contributed by atoms with van der Waals surface area (Å²) >= 11 is 1.40. The van der Waals surface area contributed by atoms with Gasteiger partial charge >= 0.3 is 6.18 Å². The Labute approximate surface area is 118 Å². The normalized spacial score (nSPS) is 12.4. The number of alkyl halides is 3. The molecule has 0 spiro atoms. The number of nitrogen functional groups attached to an aromatic ring is 1. The van der Waals surface area contributed by atoms with Crippen LogP contribution in [0.1, 0.15) is 19.2 Å². The second-order valence-electron chi connectivity index (χ2n) is 4.49. The first-order valence-corrected chi connectivity index (χ1v) is 7.05. The lowest BCUT2D eigenvalue weighted by atomic mass is 10.3. The summed E-state index contributed by atoms with van der Waals surface area (Å²) in [5.74, 6) is 0.643. The van der Waals surface area contributed by atoms with E-state index >= 15 is 0 Å². The van der Waals surface area contributed by atoms with Crippen LogP contribution >= 0.6 is 11.3 Å². The van der Waals surface area contributed by atoms with Crippen LogP contribution in [0.5, 0.6) is 0 Å². The molecule has 110 valence electrons. The van der Waals surface area contributed by atoms with Gasteiger partial charge in [-0.05, 0) is 24.4 Å². The van der Waals surface area contributed by atoms with E-state index in [2.05, 4.69) is 9.97 Å². The number of nitrogens with two attached hydrogens (primary N) is 1. The summed E-state index contributed by atoms with van der Waals surface area (Å²) in [5.41, 5.74) is 5.79. The Morgan fingerprint density at radius 3 is 2.75 bits per heavy atom. The van der Waals surface area contributed by atoms with Gasteiger partial charge in [-0.2, -0.15) is 13.2 Å². The van der Waals surface area contributed by atoms with Crippen molar-refractivity contribution < 1.29 is 13.2 Å². The van der Waals surface area contributed by atoms with Crippen molar-refractivity contribution in [3.63, 3.8) is 0 Å². The first kappa shape index (κ1) is 15.0. The Hall–Kier alpha value is -1.41. The van der Waals surface area contributed by atoms with Crippen molar-refractivity contribution in [1.82, 2.24) is 14.9 Å². The maximum absolute atomic E-state index is 12.5. The monoisotopic (exact) mass is 304 g/mol. The van der Waals surface area contributed by atoms with Crippen molar-refractivity contribution in [2.24, 2.45) is 0 Å². The van der Waals surface area contributed by atoms with Crippen LogP contribution in [0.3, 0.4) is 0 Å². The standard InChI is InChI=1S/C12H15F3N4S/c1-2-4-19(7-12(13,14)15)6-9-17-10(16)8-3-5-20-11(8)18-9/h3,5H,2,4,6-7H2,1H3,(H2,16,17,18). The molecule has 4 nitrogen and oxygen atoms in total. The van der Waals surface area contributed by atoms with Gasteiger partial charge in [0, 0.05) is 0 Å². The predicted octanol–water partition coefficient (Wildman–Crippen LogP) is 3.05. The van der Waals surface area contributed by atoms with Crippen molar-refractivity contribution in [2.75, 3.05) is 18.8 Å². The zero-order chi connectivity index (χ0) is 14.8. The molecule has 2 rings (SSSR count).